The van der Waals surface area contributed by atoms with Gasteiger partial charge in [0.2, 0.25) is 0 Å². The molecule has 0 aromatic heterocycles. The standard InChI is InChI=1S/CH2O3.Pb.2H/c2-1(3)4;;;/h(H2,2,3,4);;;/q;+2;;/p-1. The van der Waals surface area contributed by atoms with Gasteiger partial charge >= 0.3 is 28.7 Å². The second kappa shape index (κ2) is 4.19. The van der Waals surface area contributed by atoms with Crippen LogP contribution in [-0.4, -0.2) is 33.5 Å². The van der Waals surface area contributed by atoms with Gasteiger partial charge in [-0.3, -0.25) is 0 Å². The molecule has 0 aliphatic rings. The van der Waals surface area contributed by atoms with Crippen LogP contribution in [0.3, 0.4) is 0 Å². The molecule has 3 nitrogen and oxygen atoms in total. The van der Waals surface area contributed by atoms with E-state index in [1.54, 1.807) is 0 Å². The molecule has 0 spiro atoms. The van der Waals surface area contributed by atoms with E-state index in [1.807, 2.05) is 0 Å². The van der Waals surface area contributed by atoms with Crippen LogP contribution in [0.1, 0.15) is 1.43 Å². The summed E-state index contributed by atoms with van der Waals surface area (Å²) in [5, 5.41) is 16.7. The number of hydrogen-bond acceptors (Lipinski definition) is 3. The Bertz CT molecular complexity index is 33.8. The maximum atomic E-state index is 8.33. The molecule has 0 heterocycles. The Balaban J connectivity index is -0.0000000450. The van der Waals surface area contributed by atoms with E-state index in [9.17, 15) is 0 Å². The predicted molar refractivity (Wildman–Crippen MR) is 15.1 cm³/mol. The number of rotatable bonds is 0. The fourth-order valence-corrected chi connectivity index (χ4v) is 0. The Morgan fingerprint density at radius 3 is 1.60 bits per heavy atom. The third-order valence-corrected chi connectivity index (χ3v) is 0. The van der Waals surface area contributed by atoms with Crippen LogP contribution in [0.2, 0.25) is 0 Å². The van der Waals surface area contributed by atoms with Crippen LogP contribution in [0.25, 0.3) is 0 Å². The van der Waals surface area contributed by atoms with E-state index < -0.39 is 6.16 Å². The van der Waals surface area contributed by atoms with Gasteiger partial charge in [-0.1, -0.05) is 0 Å². The van der Waals surface area contributed by atoms with E-state index >= 15 is 0 Å². The normalized spacial score (nSPS) is 4.80. The van der Waals surface area contributed by atoms with Crippen LogP contribution >= 0.6 is 0 Å². The van der Waals surface area contributed by atoms with Crippen molar-refractivity contribution in [2.45, 2.75) is 0 Å². The number of carboxylic acid groups (broad SMARTS) is 2. The van der Waals surface area contributed by atoms with Gasteiger partial charge in [-0.15, -0.1) is 0 Å². The van der Waals surface area contributed by atoms with E-state index in [0.29, 0.717) is 0 Å². The molecule has 0 fully saturated rings. The summed E-state index contributed by atoms with van der Waals surface area (Å²) in [6.45, 7) is 0. The molecule has 0 N–H and O–H groups in total. The van der Waals surface area contributed by atoms with Gasteiger partial charge in [0.05, 0.1) is 0 Å². The monoisotopic (exact) mass is 271 g/mol. The van der Waals surface area contributed by atoms with E-state index in [0.717, 1.165) is 0 Å². The van der Waals surface area contributed by atoms with Crippen molar-refractivity contribution in [1.82, 2.24) is 0 Å². The molecule has 0 saturated carbocycles. The first-order valence-electron chi connectivity index (χ1n) is 0.612. The summed E-state index contributed by atoms with van der Waals surface area (Å²) < 4.78 is 0. The van der Waals surface area contributed by atoms with Crippen molar-refractivity contribution in [3.05, 3.63) is 0 Å². The molecular weight excluding hydrogens is 267 g/mol. The van der Waals surface area contributed by atoms with Gasteiger partial charge in [0.15, 0.2) is 0 Å². The molecule has 0 unspecified atom stereocenters. The van der Waals surface area contributed by atoms with Crippen molar-refractivity contribution in [3.63, 3.8) is 0 Å². The Morgan fingerprint density at radius 2 is 1.60 bits per heavy atom. The van der Waals surface area contributed by atoms with Gasteiger partial charge in [0.25, 0.3) is 0 Å². The zero-order valence-corrected chi connectivity index (χ0v) is 7.93. The first kappa shape index (κ1) is 8.95. The minimum atomic E-state index is -2.33. The summed E-state index contributed by atoms with van der Waals surface area (Å²) in [5.74, 6) is 0. The molecule has 0 saturated heterocycles. The van der Waals surface area contributed by atoms with Crippen LogP contribution in [0, 0.1) is 0 Å². The summed E-state index contributed by atoms with van der Waals surface area (Å²) in [6, 6.07) is 0. The summed E-state index contributed by atoms with van der Waals surface area (Å²) in [5.41, 5.74) is 0. The zero-order valence-electron chi connectivity index (χ0n) is 3.43. The second-order valence-electron chi connectivity index (χ2n) is 0.250. The minimum absolute atomic E-state index is 0. The first-order chi connectivity index (χ1) is 1.73. The Kier molecular flexibility index (Phi) is 7.51. The Morgan fingerprint density at radius 1 is 1.60 bits per heavy atom. The van der Waals surface area contributed by atoms with Crippen LogP contribution in [0.15, 0.2) is 0 Å². The van der Waals surface area contributed by atoms with Crippen LogP contribution < -0.4 is 10.2 Å². The molecule has 4 heteroatoms. The first-order valence-corrected chi connectivity index (χ1v) is 0.612. The Labute approximate surface area is 50.3 Å². The summed E-state index contributed by atoms with van der Waals surface area (Å²) in [4.78, 5) is 8.33. The zero-order chi connectivity index (χ0) is 3.58. The molecule has 0 rings (SSSR count). The average molecular weight is 270 g/mol. The van der Waals surface area contributed by atoms with Crippen molar-refractivity contribution in [2.75, 3.05) is 0 Å². The molecule has 0 bridgehead atoms. The number of carbonyl (C=O) groups excluding carboxylic acids is 1. The fourth-order valence-electron chi connectivity index (χ4n) is 0. The number of hydrogen-bond donors (Lipinski definition) is 0. The maximum absolute atomic E-state index is 8.33. The molecular formula is CH3O3Pb+. The summed E-state index contributed by atoms with van der Waals surface area (Å²) >= 11 is 0. The molecule has 0 aliphatic carbocycles. The van der Waals surface area contributed by atoms with E-state index in [-0.39, 0.29) is 28.7 Å². The SMILES string of the molecule is O=C([O-])[O-].[H+].[PbH2+2]. The Hall–Kier alpha value is 0.192. The van der Waals surface area contributed by atoms with Crippen molar-refractivity contribution in [1.29, 1.82) is 0 Å². The van der Waals surface area contributed by atoms with E-state index in [2.05, 4.69) is 0 Å². The van der Waals surface area contributed by atoms with Crippen molar-refractivity contribution in [2.24, 2.45) is 0 Å². The van der Waals surface area contributed by atoms with Crippen LogP contribution in [0.5, 0.6) is 0 Å². The molecule has 5 heavy (non-hydrogen) atoms. The van der Waals surface area contributed by atoms with Crippen molar-refractivity contribution in [3.8, 4) is 0 Å². The number of carbonyl (C=O) groups is 1. The third-order valence-electron chi connectivity index (χ3n) is 0. The fraction of sp³-hybridized carbons (Fsp3) is 0. The van der Waals surface area contributed by atoms with Crippen molar-refractivity contribution >= 4 is 33.5 Å². The van der Waals surface area contributed by atoms with Crippen molar-refractivity contribution < 1.29 is 16.4 Å². The molecule has 28 valence electrons. The summed E-state index contributed by atoms with van der Waals surface area (Å²) in [6.07, 6.45) is -2.33. The molecule has 0 radical (unpaired) electrons. The van der Waals surface area contributed by atoms with Gasteiger partial charge < -0.3 is 15.0 Å². The summed E-state index contributed by atoms with van der Waals surface area (Å²) in [7, 11) is 0. The second-order valence-corrected chi connectivity index (χ2v) is 0.250. The van der Waals surface area contributed by atoms with Gasteiger partial charge in [-0.05, 0) is 6.16 Å². The predicted octanol–water partition coefficient (Wildman–Crippen LogP) is -3.25. The van der Waals surface area contributed by atoms with Crippen LogP contribution in [-0.2, 0) is 0 Å². The van der Waals surface area contributed by atoms with E-state index in [4.69, 9.17) is 15.0 Å². The van der Waals surface area contributed by atoms with Gasteiger partial charge in [-0.2, -0.15) is 0 Å². The van der Waals surface area contributed by atoms with Gasteiger partial charge in [0, 0.05) is 0 Å². The quantitative estimate of drug-likeness (QED) is 0.434. The molecule has 0 aliphatic heterocycles. The van der Waals surface area contributed by atoms with Gasteiger partial charge in [-0.25, -0.2) is 0 Å². The molecule has 0 aromatic rings. The molecule has 0 amide bonds. The molecule has 0 atom stereocenters. The van der Waals surface area contributed by atoms with Crippen LogP contribution in [0.4, 0.5) is 4.79 Å². The average Bonchev–Trinajstić information content (AvgIpc) is 0.811. The third kappa shape index (κ3) is 546. The molecule has 0 aromatic carbocycles. The van der Waals surface area contributed by atoms with E-state index in [1.165, 1.54) is 0 Å². The topological polar surface area (TPSA) is 63.2 Å². The van der Waals surface area contributed by atoms with Gasteiger partial charge in [0.1, 0.15) is 0 Å².